The number of carbonyl (C=O) groups is 2. The molecule has 4 rings (SSSR count). The Balaban J connectivity index is 1.55. The van der Waals surface area contributed by atoms with E-state index in [0.29, 0.717) is 48.2 Å². The Morgan fingerprint density at radius 1 is 1.15 bits per heavy atom. The number of benzene rings is 2. The van der Waals surface area contributed by atoms with E-state index in [2.05, 4.69) is 15.8 Å². The van der Waals surface area contributed by atoms with Crippen molar-refractivity contribution in [2.24, 2.45) is 0 Å². The average molecular weight is 582 g/mol. The fourth-order valence-electron chi connectivity index (χ4n) is 4.59. The summed E-state index contributed by atoms with van der Waals surface area (Å²) in [4.78, 5) is 33.6. The normalized spacial score (nSPS) is 13.8. The first kappa shape index (κ1) is 28.9. The zero-order chi connectivity index (χ0) is 28.9. The Kier molecular flexibility index (Phi) is 8.92. The summed E-state index contributed by atoms with van der Waals surface area (Å²) in [7, 11) is -4.14. The number of aryl methyl sites for hydroxylation is 1. The Morgan fingerprint density at radius 2 is 1.80 bits per heavy atom. The number of hydrogen-bond acceptors (Lipinski definition) is 8. The van der Waals surface area contributed by atoms with Gasteiger partial charge in [0.15, 0.2) is 0 Å². The van der Waals surface area contributed by atoms with Crippen LogP contribution in [0.1, 0.15) is 41.4 Å². The summed E-state index contributed by atoms with van der Waals surface area (Å²) in [6.07, 6.45) is 0.961. The molecular formula is C28H28ClN5O5S. The molecule has 1 N–H and O–H groups in total. The van der Waals surface area contributed by atoms with E-state index in [1.165, 1.54) is 35.2 Å². The molecule has 0 bridgehead atoms. The van der Waals surface area contributed by atoms with Crippen LogP contribution < -0.4 is 14.5 Å². The van der Waals surface area contributed by atoms with Crippen molar-refractivity contribution in [3.8, 4) is 6.07 Å². The second-order valence-corrected chi connectivity index (χ2v) is 11.2. The highest BCUT2D eigenvalue weighted by molar-refractivity contribution is 7.90. The largest absolute Gasteiger partial charge is 0.462 e. The number of nitrogens with zero attached hydrogens (tertiary/aromatic N) is 4. The number of ether oxygens (including phenoxy) is 1. The lowest BCUT2D eigenvalue weighted by atomic mass is 10.0. The maximum absolute atomic E-state index is 13.4. The number of halogens is 1. The topological polar surface area (TPSA) is 133 Å². The molecule has 2 aromatic carbocycles. The minimum atomic E-state index is -4.14. The maximum atomic E-state index is 13.4. The van der Waals surface area contributed by atoms with Crippen molar-refractivity contribution in [3.63, 3.8) is 0 Å². The summed E-state index contributed by atoms with van der Waals surface area (Å²) in [5.41, 5.74) is 1.49. The van der Waals surface area contributed by atoms with Gasteiger partial charge in [-0.1, -0.05) is 29.8 Å². The number of esters is 1. The number of sulfonamides is 1. The van der Waals surface area contributed by atoms with Gasteiger partial charge in [-0.25, -0.2) is 27.7 Å². The van der Waals surface area contributed by atoms with Crippen molar-refractivity contribution in [1.82, 2.24) is 9.71 Å². The van der Waals surface area contributed by atoms with Crippen molar-refractivity contribution < 1.29 is 22.7 Å². The third kappa shape index (κ3) is 6.35. The summed E-state index contributed by atoms with van der Waals surface area (Å²) in [6.45, 7) is 4.50. The lowest BCUT2D eigenvalue weighted by Crippen LogP contribution is -2.52. The SMILES string of the molecule is CCOC(=O)c1cc(C#N)c(N2CCC(N(C(=O)NS(=O)(=O)c3ccc(Cl)cc3)c3ccccc3)CC2)nc1C. The third-order valence-corrected chi connectivity index (χ3v) is 8.12. The number of aromatic nitrogens is 1. The highest BCUT2D eigenvalue weighted by Crippen LogP contribution is 2.29. The molecule has 1 aromatic heterocycles. The van der Waals surface area contributed by atoms with Gasteiger partial charge in [-0.05, 0) is 69.2 Å². The van der Waals surface area contributed by atoms with Crippen molar-refractivity contribution in [1.29, 1.82) is 5.26 Å². The minimum absolute atomic E-state index is 0.0789. The lowest BCUT2D eigenvalue weighted by Gasteiger charge is -2.39. The first-order chi connectivity index (χ1) is 19.1. The van der Waals surface area contributed by atoms with Gasteiger partial charge < -0.3 is 9.64 Å². The molecule has 0 unspecified atom stereocenters. The molecule has 12 heteroatoms. The molecule has 1 aliphatic rings. The summed E-state index contributed by atoms with van der Waals surface area (Å²) in [5, 5.41) is 10.1. The highest BCUT2D eigenvalue weighted by atomic mass is 35.5. The first-order valence-corrected chi connectivity index (χ1v) is 14.5. The Bertz CT molecular complexity index is 1530. The Morgan fingerprint density at radius 3 is 2.40 bits per heavy atom. The Labute approximate surface area is 238 Å². The number of nitriles is 1. The molecule has 1 fully saturated rings. The summed E-state index contributed by atoms with van der Waals surface area (Å²) in [5.74, 6) is -0.0835. The number of nitrogens with one attached hydrogen (secondary N) is 1. The van der Waals surface area contributed by atoms with Gasteiger partial charge in [-0.3, -0.25) is 4.90 Å². The predicted molar refractivity (Wildman–Crippen MR) is 151 cm³/mol. The monoisotopic (exact) mass is 581 g/mol. The second-order valence-electron chi connectivity index (χ2n) is 9.11. The van der Waals surface area contributed by atoms with Crippen LogP contribution in [0.2, 0.25) is 5.02 Å². The molecule has 3 aromatic rings. The fourth-order valence-corrected chi connectivity index (χ4v) is 5.65. The van der Waals surface area contributed by atoms with Gasteiger partial charge in [-0.15, -0.1) is 0 Å². The molecule has 40 heavy (non-hydrogen) atoms. The highest BCUT2D eigenvalue weighted by Gasteiger charge is 2.33. The van der Waals surface area contributed by atoms with Crippen LogP contribution in [0.5, 0.6) is 0 Å². The third-order valence-electron chi connectivity index (χ3n) is 6.54. The van der Waals surface area contributed by atoms with Gasteiger partial charge in [0.1, 0.15) is 11.9 Å². The lowest BCUT2D eigenvalue weighted by molar-refractivity contribution is 0.0525. The van der Waals surface area contributed by atoms with Crippen molar-refractivity contribution in [3.05, 3.63) is 82.5 Å². The number of urea groups is 1. The molecule has 10 nitrogen and oxygen atoms in total. The van der Waals surface area contributed by atoms with Crippen LogP contribution in [0.4, 0.5) is 16.3 Å². The fraction of sp³-hybridized carbons (Fsp3) is 0.286. The quantitative estimate of drug-likeness (QED) is 0.398. The zero-order valence-corrected chi connectivity index (χ0v) is 23.6. The summed E-state index contributed by atoms with van der Waals surface area (Å²) in [6, 6.07) is 16.9. The molecule has 208 valence electrons. The Hall–Kier alpha value is -4.14. The molecule has 0 spiro atoms. The number of carbonyl (C=O) groups excluding carboxylic acids is 2. The first-order valence-electron chi connectivity index (χ1n) is 12.6. The second kappa shape index (κ2) is 12.4. The van der Waals surface area contributed by atoms with E-state index in [1.807, 2.05) is 11.0 Å². The predicted octanol–water partition coefficient (Wildman–Crippen LogP) is 4.67. The number of piperidine rings is 1. The zero-order valence-electron chi connectivity index (χ0n) is 22.0. The summed E-state index contributed by atoms with van der Waals surface area (Å²) < 4.78 is 33.2. The van der Waals surface area contributed by atoms with E-state index in [1.54, 1.807) is 38.1 Å². The smallest absolute Gasteiger partial charge is 0.340 e. The summed E-state index contributed by atoms with van der Waals surface area (Å²) >= 11 is 5.88. The van der Waals surface area contributed by atoms with Gasteiger partial charge in [0.2, 0.25) is 0 Å². The van der Waals surface area contributed by atoms with E-state index >= 15 is 0 Å². The van der Waals surface area contributed by atoms with E-state index in [0.717, 1.165) is 0 Å². The van der Waals surface area contributed by atoms with Crippen LogP contribution in [0.15, 0.2) is 65.6 Å². The molecular weight excluding hydrogens is 554 g/mol. The van der Waals surface area contributed by atoms with Crippen LogP contribution in [0.25, 0.3) is 0 Å². The molecule has 0 saturated carbocycles. The molecule has 0 atom stereocenters. The molecule has 0 aliphatic carbocycles. The number of para-hydroxylation sites is 1. The minimum Gasteiger partial charge on any atom is -0.462 e. The molecule has 2 heterocycles. The van der Waals surface area contributed by atoms with E-state index in [9.17, 15) is 23.3 Å². The average Bonchev–Trinajstić information content (AvgIpc) is 2.94. The van der Waals surface area contributed by atoms with Gasteiger partial charge >= 0.3 is 12.0 Å². The van der Waals surface area contributed by atoms with Crippen molar-refractivity contribution in [2.45, 2.75) is 37.6 Å². The van der Waals surface area contributed by atoms with Crippen LogP contribution in [-0.4, -0.2) is 51.1 Å². The number of pyridine rings is 1. The maximum Gasteiger partial charge on any atom is 0.340 e. The van der Waals surface area contributed by atoms with Crippen molar-refractivity contribution >= 4 is 45.1 Å². The molecule has 2 amide bonds. The van der Waals surface area contributed by atoms with E-state index in [-0.39, 0.29) is 28.7 Å². The van der Waals surface area contributed by atoms with Crippen LogP contribution in [0, 0.1) is 18.3 Å². The number of hydrogen-bond donors (Lipinski definition) is 1. The van der Waals surface area contributed by atoms with E-state index in [4.69, 9.17) is 16.3 Å². The van der Waals surface area contributed by atoms with Crippen LogP contribution in [0.3, 0.4) is 0 Å². The number of amides is 2. The van der Waals surface area contributed by atoms with Gasteiger partial charge in [0, 0.05) is 29.8 Å². The molecule has 1 aliphatic heterocycles. The number of rotatable bonds is 7. The van der Waals surface area contributed by atoms with Crippen LogP contribution in [-0.2, 0) is 14.8 Å². The standard InChI is InChI=1S/C28H28ClN5O5S/c1-3-39-27(35)25-17-20(18-30)26(31-19(25)2)33-15-13-23(14-16-33)34(22-7-5-4-6-8-22)28(36)32-40(37,38)24-11-9-21(29)10-12-24/h4-12,17,23H,3,13-16H2,1-2H3,(H,32,36). The number of anilines is 2. The van der Waals surface area contributed by atoms with Gasteiger partial charge in [0.05, 0.1) is 28.3 Å². The van der Waals surface area contributed by atoms with E-state index < -0.39 is 22.0 Å². The van der Waals surface area contributed by atoms with Gasteiger partial charge in [0.25, 0.3) is 10.0 Å². The van der Waals surface area contributed by atoms with Gasteiger partial charge in [-0.2, -0.15) is 5.26 Å². The van der Waals surface area contributed by atoms with Crippen LogP contribution >= 0.6 is 11.6 Å². The molecule has 0 radical (unpaired) electrons. The molecule has 1 saturated heterocycles. The van der Waals surface area contributed by atoms with Crippen molar-refractivity contribution in [2.75, 3.05) is 29.5 Å².